The SMILES string of the molecule is CNC(C)c1nc(N)c2cccc(Br)c2n1. The van der Waals surface area contributed by atoms with Gasteiger partial charge in [-0.1, -0.05) is 6.07 Å². The molecule has 0 aliphatic rings. The first-order valence-corrected chi connectivity index (χ1v) is 5.81. The van der Waals surface area contributed by atoms with E-state index in [1.807, 2.05) is 32.2 Å². The van der Waals surface area contributed by atoms with Crippen LogP contribution in [0.3, 0.4) is 0 Å². The molecule has 3 N–H and O–H groups in total. The van der Waals surface area contributed by atoms with Crippen LogP contribution in [0, 0.1) is 0 Å². The van der Waals surface area contributed by atoms with Gasteiger partial charge >= 0.3 is 0 Å². The number of nitrogens with zero attached hydrogens (tertiary/aromatic N) is 2. The molecule has 84 valence electrons. The average molecular weight is 281 g/mol. The molecule has 5 heteroatoms. The second-order valence-electron chi connectivity index (χ2n) is 3.61. The highest BCUT2D eigenvalue weighted by atomic mass is 79.9. The van der Waals surface area contributed by atoms with Crippen LogP contribution in [0.15, 0.2) is 22.7 Å². The molecular weight excluding hydrogens is 268 g/mol. The molecule has 2 rings (SSSR count). The van der Waals surface area contributed by atoms with Crippen LogP contribution >= 0.6 is 15.9 Å². The van der Waals surface area contributed by atoms with Gasteiger partial charge in [-0.2, -0.15) is 0 Å². The quantitative estimate of drug-likeness (QED) is 0.886. The van der Waals surface area contributed by atoms with Crippen LogP contribution in [0.25, 0.3) is 10.9 Å². The Morgan fingerprint density at radius 3 is 2.81 bits per heavy atom. The Balaban J connectivity index is 2.70. The Hall–Kier alpha value is -1.20. The molecule has 0 spiro atoms. The maximum atomic E-state index is 5.92. The fourth-order valence-corrected chi connectivity index (χ4v) is 1.94. The first-order chi connectivity index (χ1) is 7.63. The Bertz CT molecular complexity index is 527. The van der Waals surface area contributed by atoms with E-state index in [0.717, 1.165) is 15.4 Å². The van der Waals surface area contributed by atoms with Gasteiger partial charge < -0.3 is 11.1 Å². The number of rotatable bonds is 2. The maximum Gasteiger partial charge on any atom is 0.148 e. The average Bonchev–Trinajstić information content (AvgIpc) is 2.29. The van der Waals surface area contributed by atoms with E-state index < -0.39 is 0 Å². The molecule has 0 fully saturated rings. The lowest BCUT2D eigenvalue weighted by atomic mass is 10.2. The first kappa shape index (κ1) is 11.3. The third-order valence-corrected chi connectivity index (χ3v) is 3.18. The lowest BCUT2D eigenvalue weighted by Gasteiger charge is -2.11. The Morgan fingerprint density at radius 2 is 2.12 bits per heavy atom. The minimum absolute atomic E-state index is 0.0822. The van der Waals surface area contributed by atoms with E-state index in [1.165, 1.54) is 0 Å². The normalized spacial score (nSPS) is 12.9. The van der Waals surface area contributed by atoms with E-state index in [2.05, 4.69) is 31.2 Å². The highest BCUT2D eigenvalue weighted by Crippen LogP contribution is 2.26. The van der Waals surface area contributed by atoms with Crippen molar-refractivity contribution in [2.45, 2.75) is 13.0 Å². The van der Waals surface area contributed by atoms with Gasteiger partial charge in [0.15, 0.2) is 0 Å². The summed E-state index contributed by atoms with van der Waals surface area (Å²) >= 11 is 3.47. The second kappa shape index (κ2) is 4.35. The molecule has 1 aromatic carbocycles. The van der Waals surface area contributed by atoms with Crippen molar-refractivity contribution in [1.82, 2.24) is 15.3 Å². The third-order valence-electron chi connectivity index (χ3n) is 2.54. The molecule has 0 aliphatic heterocycles. The minimum Gasteiger partial charge on any atom is -0.383 e. The molecule has 0 saturated heterocycles. The fraction of sp³-hybridized carbons (Fsp3) is 0.273. The number of nitrogen functional groups attached to an aromatic ring is 1. The molecule has 1 atom stereocenters. The van der Waals surface area contributed by atoms with Crippen LogP contribution < -0.4 is 11.1 Å². The van der Waals surface area contributed by atoms with Gasteiger partial charge in [-0.3, -0.25) is 0 Å². The van der Waals surface area contributed by atoms with Crippen LogP contribution in [0.1, 0.15) is 18.8 Å². The second-order valence-corrected chi connectivity index (χ2v) is 4.47. The van der Waals surface area contributed by atoms with Crippen LogP contribution in [-0.2, 0) is 0 Å². The first-order valence-electron chi connectivity index (χ1n) is 5.02. The lowest BCUT2D eigenvalue weighted by Crippen LogP contribution is -2.16. The summed E-state index contributed by atoms with van der Waals surface area (Å²) in [6, 6.07) is 5.87. The molecule has 0 saturated carbocycles. The predicted octanol–water partition coefficient (Wildman–Crippen LogP) is 2.25. The van der Waals surface area contributed by atoms with Crippen molar-refractivity contribution in [2.24, 2.45) is 0 Å². The largest absolute Gasteiger partial charge is 0.383 e. The standard InChI is InChI=1S/C11H13BrN4/c1-6(14-2)11-15-9-7(10(13)16-11)4-3-5-8(9)12/h3-6,14H,1-2H3,(H2,13,15,16). The molecule has 0 amide bonds. The smallest absolute Gasteiger partial charge is 0.148 e. The summed E-state index contributed by atoms with van der Waals surface area (Å²) in [6.07, 6.45) is 0. The molecule has 1 heterocycles. The van der Waals surface area contributed by atoms with Crippen molar-refractivity contribution in [3.8, 4) is 0 Å². The van der Waals surface area contributed by atoms with Gasteiger partial charge in [0.1, 0.15) is 11.6 Å². The highest BCUT2D eigenvalue weighted by Gasteiger charge is 2.11. The van der Waals surface area contributed by atoms with Crippen LogP contribution in [0.5, 0.6) is 0 Å². The van der Waals surface area contributed by atoms with E-state index in [0.29, 0.717) is 11.6 Å². The maximum absolute atomic E-state index is 5.92. The molecule has 2 aromatic rings. The van der Waals surface area contributed by atoms with Gasteiger partial charge in [0.2, 0.25) is 0 Å². The van der Waals surface area contributed by atoms with Gasteiger partial charge in [0.05, 0.1) is 11.6 Å². The van der Waals surface area contributed by atoms with E-state index in [9.17, 15) is 0 Å². The van der Waals surface area contributed by atoms with Gasteiger partial charge in [-0.15, -0.1) is 0 Å². The molecular formula is C11H13BrN4. The molecule has 1 aromatic heterocycles. The zero-order chi connectivity index (χ0) is 11.7. The summed E-state index contributed by atoms with van der Waals surface area (Å²) in [7, 11) is 1.87. The van der Waals surface area contributed by atoms with Crippen LogP contribution in [-0.4, -0.2) is 17.0 Å². The topological polar surface area (TPSA) is 63.8 Å². The predicted molar refractivity (Wildman–Crippen MR) is 69.1 cm³/mol. The van der Waals surface area contributed by atoms with Gasteiger partial charge in [0, 0.05) is 9.86 Å². The monoisotopic (exact) mass is 280 g/mol. The van der Waals surface area contributed by atoms with Crippen molar-refractivity contribution in [3.05, 3.63) is 28.5 Å². The molecule has 16 heavy (non-hydrogen) atoms. The Morgan fingerprint density at radius 1 is 1.38 bits per heavy atom. The zero-order valence-electron chi connectivity index (χ0n) is 9.16. The molecule has 4 nitrogen and oxygen atoms in total. The number of halogens is 1. The number of nitrogens with two attached hydrogens (primary N) is 1. The zero-order valence-corrected chi connectivity index (χ0v) is 10.7. The summed E-state index contributed by atoms with van der Waals surface area (Å²) in [4.78, 5) is 8.80. The number of anilines is 1. The summed E-state index contributed by atoms with van der Waals surface area (Å²) in [5.74, 6) is 1.22. The van der Waals surface area contributed by atoms with Crippen molar-refractivity contribution >= 4 is 32.7 Å². The third kappa shape index (κ3) is 1.88. The number of para-hydroxylation sites is 1. The molecule has 1 unspecified atom stereocenters. The molecule has 0 bridgehead atoms. The van der Waals surface area contributed by atoms with Crippen molar-refractivity contribution in [3.63, 3.8) is 0 Å². The van der Waals surface area contributed by atoms with Crippen LogP contribution in [0.2, 0.25) is 0 Å². The van der Waals surface area contributed by atoms with Gasteiger partial charge in [-0.05, 0) is 42.0 Å². The van der Waals surface area contributed by atoms with Gasteiger partial charge in [0.25, 0.3) is 0 Å². The van der Waals surface area contributed by atoms with Crippen molar-refractivity contribution in [1.29, 1.82) is 0 Å². The number of aromatic nitrogens is 2. The van der Waals surface area contributed by atoms with Crippen LogP contribution in [0.4, 0.5) is 5.82 Å². The van der Waals surface area contributed by atoms with E-state index in [1.54, 1.807) is 0 Å². The number of hydrogen-bond donors (Lipinski definition) is 2. The summed E-state index contributed by atoms with van der Waals surface area (Å²) in [5.41, 5.74) is 6.77. The number of hydrogen-bond acceptors (Lipinski definition) is 4. The van der Waals surface area contributed by atoms with E-state index in [4.69, 9.17) is 5.73 Å². The summed E-state index contributed by atoms with van der Waals surface area (Å²) < 4.78 is 0.934. The number of benzene rings is 1. The minimum atomic E-state index is 0.0822. The highest BCUT2D eigenvalue weighted by molar-refractivity contribution is 9.10. The van der Waals surface area contributed by atoms with Crippen molar-refractivity contribution < 1.29 is 0 Å². The Labute approximate surface area is 102 Å². The summed E-state index contributed by atoms with van der Waals surface area (Å²) in [5, 5.41) is 3.97. The van der Waals surface area contributed by atoms with E-state index >= 15 is 0 Å². The summed E-state index contributed by atoms with van der Waals surface area (Å²) in [6.45, 7) is 2.00. The molecule has 0 radical (unpaired) electrons. The molecule has 0 aliphatic carbocycles. The van der Waals surface area contributed by atoms with E-state index in [-0.39, 0.29) is 6.04 Å². The van der Waals surface area contributed by atoms with Crippen molar-refractivity contribution in [2.75, 3.05) is 12.8 Å². The fourth-order valence-electron chi connectivity index (χ4n) is 1.48. The van der Waals surface area contributed by atoms with Gasteiger partial charge in [-0.25, -0.2) is 9.97 Å². The Kier molecular flexibility index (Phi) is 3.07. The number of fused-ring (bicyclic) bond motifs is 1. The number of nitrogens with one attached hydrogen (secondary N) is 1. The lowest BCUT2D eigenvalue weighted by molar-refractivity contribution is 0.614.